The molecule has 1 N–H and O–H groups in total. The van der Waals surface area contributed by atoms with Crippen molar-refractivity contribution < 1.29 is 8.42 Å². The molecule has 0 aliphatic carbocycles. The number of rotatable bonds is 4. The van der Waals surface area contributed by atoms with E-state index in [2.05, 4.69) is 20.7 Å². The van der Waals surface area contributed by atoms with Gasteiger partial charge >= 0.3 is 0 Å². The molecule has 2 aromatic rings. The number of thiophene rings is 1. The van der Waals surface area contributed by atoms with Gasteiger partial charge in [-0.1, -0.05) is 23.7 Å². The van der Waals surface area contributed by atoms with Gasteiger partial charge in [-0.05, 0) is 39.7 Å². The summed E-state index contributed by atoms with van der Waals surface area (Å²) in [6, 6.07) is 10.2. The first-order valence-electron chi connectivity index (χ1n) is 5.36. The molecule has 0 unspecified atom stereocenters. The molecule has 0 fully saturated rings. The van der Waals surface area contributed by atoms with E-state index in [0.29, 0.717) is 19.9 Å². The second-order valence-corrected chi connectivity index (χ2v) is 8.59. The molecule has 0 atom stereocenters. The van der Waals surface area contributed by atoms with Gasteiger partial charge < -0.3 is 0 Å². The lowest BCUT2D eigenvalue weighted by Crippen LogP contribution is -2.22. The van der Waals surface area contributed by atoms with Crippen molar-refractivity contribution in [2.75, 3.05) is 0 Å². The van der Waals surface area contributed by atoms with Crippen molar-refractivity contribution in [1.82, 2.24) is 4.72 Å². The quantitative estimate of drug-likeness (QED) is 0.867. The maximum absolute atomic E-state index is 12.1. The number of sulfonamides is 1. The number of nitrogens with one attached hydrogen (secondary N) is 1. The van der Waals surface area contributed by atoms with E-state index in [-0.39, 0.29) is 10.8 Å². The van der Waals surface area contributed by atoms with E-state index in [0.717, 1.165) is 11.3 Å². The van der Waals surface area contributed by atoms with Gasteiger partial charge in [0.2, 0.25) is 10.0 Å². The minimum absolute atomic E-state index is 0.116. The summed E-state index contributed by atoms with van der Waals surface area (Å²) in [6.45, 7) is 0.116. The van der Waals surface area contributed by atoms with Gasteiger partial charge in [0.15, 0.2) is 0 Å². The molecule has 2 rings (SSSR count). The zero-order chi connectivity index (χ0) is 14.8. The van der Waals surface area contributed by atoms with Crippen molar-refractivity contribution in [3.05, 3.63) is 50.3 Å². The minimum atomic E-state index is -3.61. The Labute approximate surface area is 134 Å². The smallest absolute Gasteiger partial charge is 0.206 e. The summed E-state index contributed by atoms with van der Waals surface area (Å²) >= 11 is 10.1. The predicted molar refractivity (Wildman–Crippen MR) is 82.2 cm³/mol. The normalized spacial score (nSPS) is 11.2. The highest BCUT2D eigenvalue weighted by Gasteiger charge is 2.18. The van der Waals surface area contributed by atoms with Crippen LogP contribution < -0.4 is 4.72 Å². The Hall–Kier alpha value is -0.910. The number of hydrogen-bond acceptors (Lipinski definition) is 4. The second-order valence-electron chi connectivity index (χ2n) is 3.82. The molecular formula is C12H8BrClN2O2S2. The van der Waals surface area contributed by atoms with Gasteiger partial charge in [-0.2, -0.15) is 5.26 Å². The van der Waals surface area contributed by atoms with Crippen LogP contribution in [0.4, 0.5) is 0 Å². The third-order valence-corrected chi connectivity index (χ3v) is 6.76. The van der Waals surface area contributed by atoms with Crippen molar-refractivity contribution in [1.29, 1.82) is 5.26 Å². The Balaban J connectivity index is 2.15. The number of halogens is 2. The van der Waals surface area contributed by atoms with E-state index < -0.39 is 10.0 Å². The fourth-order valence-corrected chi connectivity index (χ4v) is 4.92. The van der Waals surface area contributed by atoms with E-state index >= 15 is 0 Å². The zero-order valence-corrected chi connectivity index (χ0v) is 13.9. The van der Waals surface area contributed by atoms with Crippen LogP contribution in [0.2, 0.25) is 5.02 Å². The van der Waals surface area contributed by atoms with Gasteiger partial charge in [-0.15, -0.1) is 11.3 Å². The molecule has 4 nitrogen and oxygen atoms in total. The monoisotopic (exact) mass is 390 g/mol. The third-order valence-electron chi connectivity index (χ3n) is 2.41. The summed E-state index contributed by atoms with van der Waals surface area (Å²) in [5, 5.41) is 9.16. The van der Waals surface area contributed by atoms with Crippen LogP contribution in [0.5, 0.6) is 0 Å². The molecule has 1 heterocycles. The molecule has 104 valence electrons. The lowest BCUT2D eigenvalue weighted by Gasteiger charge is -2.05. The van der Waals surface area contributed by atoms with Crippen molar-refractivity contribution >= 4 is 48.9 Å². The molecule has 0 saturated carbocycles. The Kier molecular flexibility index (Phi) is 4.83. The number of nitriles is 1. The highest BCUT2D eigenvalue weighted by molar-refractivity contribution is 9.11. The van der Waals surface area contributed by atoms with Crippen molar-refractivity contribution in [2.24, 2.45) is 0 Å². The van der Waals surface area contributed by atoms with E-state index in [1.807, 2.05) is 6.07 Å². The molecular weight excluding hydrogens is 384 g/mol. The largest absolute Gasteiger partial charge is 0.250 e. The maximum atomic E-state index is 12.1. The molecule has 0 aliphatic rings. The van der Waals surface area contributed by atoms with E-state index in [1.165, 1.54) is 6.07 Å². The van der Waals surface area contributed by atoms with Crippen molar-refractivity contribution in [3.63, 3.8) is 0 Å². The van der Waals surface area contributed by atoms with E-state index in [9.17, 15) is 8.42 Å². The summed E-state index contributed by atoms with van der Waals surface area (Å²) < 4.78 is 27.4. The number of nitrogens with zero attached hydrogens (tertiary/aromatic N) is 1. The van der Waals surface area contributed by atoms with Crippen LogP contribution in [-0.4, -0.2) is 8.42 Å². The van der Waals surface area contributed by atoms with Gasteiger partial charge in [0.1, 0.15) is 4.21 Å². The molecule has 1 aromatic heterocycles. The Morgan fingerprint density at radius 1 is 1.40 bits per heavy atom. The van der Waals surface area contributed by atoms with Crippen LogP contribution in [0.3, 0.4) is 0 Å². The lowest BCUT2D eigenvalue weighted by molar-refractivity contribution is 0.583. The Morgan fingerprint density at radius 2 is 2.15 bits per heavy atom. The predicted octanol–water partition coefficient (Wildman–Crippen LogP) is 3.51. The Morgan fingerprint density at radius 3 is 2.75 bits per heavy atom. The van der Waals surface area contributed by atoms with Crippen LogP contribution in [0, 0.1) is 11.3 Å². The third kappa shape index (κ3) is 3.59. The highest BCUT2D eigenvalue weighted by Crippen LogP contribution is 2.34. The summed E-state index contributed by atoms with van der Waals surface area (Å²) in [5.74, 6) is 0. The van der Waals surface area contributed by atoms with Gasteiger partial charge in [-0.25, -0.2) is 13.1 Å². The average Bonchev–Trinajstić information content (AvgIpc) is 2.78. The van der Waals surface area contributed by atoms with E-state index in [1.54, 1.807) is 24.3 Å². The van der Waals surface area contributed by atoms with Crippen LogP contribution in [-0.2, 0) is 16.6 Å². The summed E-state index contributed by atoms with van der Waals surface area (Å²) in [7, 11) is -3.61. The van der Waals surface area contributed by atoms with Crippen LogP contribution in [0.1, 0.15) is 11.1 Å². The molecule has 0 spiro atoms. The van der Waals surface area contributed by atoms with E-state index in [4.69, 9.17) is 16.9 Å². The second kappa shape index (κ2) is 6.24. The van der Waals surface area contributed by atoms with Gasteiger partial charge in [0, 0.05) is 6.54 Å². The van der Waals surface area contributed by atoms with Crippen molar-refractivity contribution in [2.45, 2.75) is 10.8 Å². The van der Waals surface area contributed by atoms with Crippen LogP contribution in [0.15, 0.2) is 38.3 Å². The maximum Gasteiger partial charge on any atom is 0.250 e. The topological polar surface area (TPSA) is 70.0 Å². The molecule has 20 heavy (non-hydrogen) atoms. The van der Waals surface area contributed by atoms with Crippen LogP contribution >= 0.6 is 38.9 Å². The average molecular weight is 392 g/mol. The lowest BCUT2D eigenvalue weighted by atomic mass is 10.1. The molecule has 1 aromatic carbocycles. The Bertz CT molecular complexity index is 761. The zero-order valence-electron chi connectivity index (χ0n) is 9.93. The first-order chi connectivity index (χ1) is 9.42. The fourth-order valence-electron chi connectivity index (χ4n) is 1.46. The highest BCUT2D eigenvalue weighted by atomic mass is 79.9. The first kappa shape index (κ1) is 15.5. The minimum Gasteiger partial charge on any atom is -0.206 e. The summed E-state index contributed by atoms with van der Waals surface area (Å²) in [6.07, 6.45) is 0. The van der Waals surface area contributed by atoms with Crippen molar-refractivity contribution in [3.8, 4) is 6.07 Å². The standard InChI is InChI=1S/C12H8BrClN2O2S2/c13-12-10(14)5-11(19-12)20(17,18)16-7-9-3-1-2-8(4-9)6-15/h1-5,16H,7H2. The number of hydrogen-bond donors (Lipinski definition) is 1. The molecule has 0 aliphatic heterocycles. The summed E-state index contributed by atoms with van der Waals surface area (Å²) in [5.41, 5.74) is 1.21. The van der Waals surface area contributed by atoms with Gasteiger partial charge in [-0.3, -0.25) is 0 Å². The van der Waals surface area contributed by atoms with Gasteiger partial charge in [0.05, 0.1) is 20.4 Å². The van der Waals surface area contributed by atoms with Crippen LogP contribution in [0.25, 0.3) is 0 Å². The fraction of sp³-hybridized carbons (Fsp3) is 0.0833. The molecule has 8 heteroatoms. The molecule has 0 radical (unpaired) electrons. The molecule has 0 amide bonds. The number of benzene rings is 1. The molecule has 0 saturated heterocycles. The van der Waals surface area contributed by atoms with Gasteiger partial charge in [0.25, 0.3) is 0 Å². The summed E-state index contributed by atoms with van der Waals surface area (Å²) in [4.78, 5) is 0. The SMILES string of the molecule is N#Cc1cccc(CNS(=O)(=O)c2cc(Cl)c(Br)s2)c1. The molecule has 0 bridgehead atoms. The first-order valence-corrected chi connectivity index (χ1v) is 8.83.